The van der Waals surface area contributed by atoms with Crippen LogP contribution in [0.2, 0.25) is 10.0 Å². The molecule has 13 heavy (non-hydrogen) atoms. The summed E-state index contributed by atoms with van der Waals surface area (Å²) >= 11 is 11.6. The molecule has 0 saturated heterocycles. The van der Waals surface area contributed by atoms with Crippen molar-refractivity contribution >= 4 is 23.2 Å². The van der Waals surface area contributed by atoms with E-state index >= 15 is 0 Å². The van der Waals surface area contributed by atoms with E-state index in [0.717, 1.165) is 0 Å². The summed E-state index contributed by atoms with van der Waals surface area (Å²) in [7, 11) is 0. The third-order valence-electron chi connectivity index (χ3n) is 1.72. The molecule has 0 aromatic heterocycles. The van der Waals surface area contributed by atoms with Crippen molar-refractivity contribution in [1.82, 2.24) is 0 Å². The molecule has 0 bridgehead atoms. The zero-order valence-electron chi connectivity index (χ0n) is 7.01. The maximum Gasteiger partial charge on any atom is 0.128 e. The fourth-order valence-corrected chi connectivity index (χ4v) is 1.44. The highest BCUT2D eigenvalue weighted by Crippen LogP contribution is 2.28. The zero-order valence-corrected chi connectivity index (χ0v) is 8.52. The van der Waals surface area contributed by atoms with E-state index in [-0.39, 0.29) is 0 Å². The summed E-state index contributed by atoms with van der Waals surface area (Å²) in [5.74, 6) is 0. The monoisotopic (exact) mass is 214 g/mol. The van der Waals surface area contributed by atoms with Crippen molar-refractivity contribution in [2.24, 2.45) is 5.73 Å². The number of nitriles is 1. The third kappa shape index (κ3) is 2.13. The molecule has 1 aromatic rings. The molecule has 0 fully saturated rings. The standard InChI is InChI=1S/C9H8Cl2N2/c1-9(13,5-12)7-4-6(10)2-3-8(7)11/h2-4H,13H2,1H3. The Hall–Kier alpha value is -0.750. The van der Waals surface area contributed by atoms with Gasteiger partial charge in [0.1, 0.15) is 5.54 Å². The Morgan fingerprint density at radius 1 is 1.46 bits per heavy atom. The summed E-state index contributed by atoms with van der Waals surface area (Å²) < 4.78 is 0. The lowest BCUT2D eigenvalue weighted by Gasteiger charge is -2.17. The van der Waals surface area contributed by atoms with Gasteiger partial charge < -0.3 is 5.73 Å². The van der Waals surface area contributed by atoms with Gasteiger partial charge in [0.25, 0.3) is 0 Å². The summed E-state index contributed by atoms with van der Waals surface area (Å²) in [4.78, 5) is 0. The Kier molecular flexibility index (Phi) is 2.82. The van der Waals surface area contributed by atoms with Gasteiger partial charge in [0.05, 0.1) is 6.07 Å². The number of hydrogen-bond acceptors (Lipinski definition) is 2. The van der Waals surface area contributed by atoms with E-state index in [0.29, 0.717) is 15.6 Å². The molecule has 2 N–H and O–H groups in total. The molecule has 2 nitrogen and oxygen atoms in total. The Balaban J connectivity index is 3.30. The van der Waals surface area contributed by atoms with E-state index in [1.807, 2.05) is 6.07 Å². The molecule has 0 aliphatic heterocycles. The highest BCUT2D eigenvalue weighted by molar-refractivity contribution is 6.33. The average Bonchev–Trinajstić information content (AvgIpc) is 2.09. The summed E-state index contributed by atoms with van der Waals surface area (Å²) in [6.45, 7) is 1.59. The quantitative estimate of drug-likeness (QED) is 0.782. The lowest BCUT2D eigenvalue weighted by atomic mass is 9.95. The van der Waals surface area contributed by atoms with Crippen LogP contribution in [-0.4, -0.2) is 0 Å². The largest absolute Gasteiger partial charge is 0.310 e. The Morgan fingerprint density at radius 2 is 2.08 bits per heavy atom. The number of benzene rings is 1. The van der Waals surface area contributed by atoms with Crippen LogP contribution in [0.25, 0.3) is 0 Å². The minimum absolute atomic E-state index is 0.455. The van der Waals surface area contributed by atoms with E-state index in [4.69, 9.17) is 34.2 Å². The first kappa shape index (κ1) is 10.3. The zero-order chi connectivity index (χ0) is 10.1. The summed E-state index contributed by atoms with van der Waals surface area (Å²) in [6.07, 6.45) is 0. The van der Waals surface area contributed by atoms with Crippen molar-refractivity contribution in [3.05, 3.63) is 33.8 Å². The van der Waals surface area contributed by atoms with Crippen molar-refractivity contribution in [2.75, 3.05) is 0 Å². The maximum absolute atomic E-state index is 8.79. The van der Waals surface area contributed by atoms with Gasteiger partial charge in [-0.2, -0.15) is 5.26 Å². The van der Waals surface area contributed by atoms with E-state index in [2.05, 4.69) is 0 Å². The predicted molar refractivity (Wildman–Crippen MR) is 53.6 cm³/mol. The first-order chi connectivity index (χ1) is 5.97. The molecule has 68 valence electrons. The van der Waals surface area contributed by atoms with Gasteiger partial charge in [-0.15, -0.1) is 0 Å². The molecule has 0 aliphatic carbocycles. The number of rotatable bonds is 1. The minimum Gasteiger partial charge on any atom is -0.310 e. The molecular weight excluding hydrogens is 207 g/mol. The molecule has 0 heterocycles. The van der Waals surface area contributed by atoms with E-state index < -0.39 is 5.54 Å². The fraction of sp³-hybridized carbons (Fsp3) is 0.222. The fourth-order valence-electron chi connectivity index (χ4n) is 0.956. The van der Waals surface area contributed by atoms with E-state index in [9.17, 15) is 0 Å². The van der Waals surface area contributed by atoms with Crippen LogP contribution in [0.1, 0.15) is 12.5 Å². The number of hydrogen-bond donors (Lipinski definition) is 1. The molecule has 0 saturated carbocycles. The van der Waals surface area contributed by atoms with Crippen molar-refractivity contribution in [1.29, 1.82) is 5.26 Å². The van der Waals surface area contributed by atoms with Crippen LogP contribution in [0.5, 0.6) is 0 Å². The lowest BCUT2D eigenvalue weighted by molar-refractivity contribution is 0.647. The number of nitrogens with zero attached hydrogens (tertiary/aromatic N) is 1. The maximum atomic E-state index is 8.79. The normalized spacial score (nSPS) is 14.7. The molecule has 1 rings (SSSR count). The van der Waals surface area contributed by atoms with Gasteiger partial charge >= 0.3 is 0 Å². The Bertz CT molecular complexity index is 366. The molecule has 0 amide bonds. The van der Waals surface area contributed by atoms with Crippen molar-refractivity contribution in [2.45, 2.75) is 12.5 Å². The average molecular weight is 215 g/mol. The highest BCUT2D eigenvalue weighted by Gasteiger charge is 2.23. The van der Waals surface area contributed by atoms with E-state index in [1.54, 1.807) is 25.1 Å². The second-order valence-electron chi connectivity index (χ2n) is 2.94. The molecule has 0 spiro atoms. The van der Waals surface area contributed by atoms with Crippen molar-refractivity contribution in [3.8, 4) is 6.07 Å². The van der Waals surface area contributed by atoms with Crippen LogP contribution in [0, 0.1) is 11.3 Å². The first-order valence-electron chi connectivity index (χ1n) is 3.63. The second kappa shape index (κ2) is 3.55. The molecule has 0 radical (unpaired) electrons. The number of nitrogens with two attached hydrogens (primary N) is 1. The van der Waals surface area contributed by atoms with Crippen LogP contribution in [0.3, 0.4) is 0 Å². The van der Waals surface area contributed by atoms with Crippen LogP contribution >= 0.6 is 23.2 Å². The summed E-state index contributed by atoms with van der Waals surface area (Å²) in [5, 5.41) is 9.76. The van der Waals surface area contributed by atoms with Gasteiger partial charge in [-0.05, 0) is 25.1 Å². The van der Waals surface area contributed by atoms with Gasteiger partial charge in [0.15, 0.2) is 0 Å². The highest BCUT2D eigenvalue weighted by atomic mass is 35.5. The molecule has 4 heteroatoms. The Labute approximate surface area is 86.9 Å². The molecule has 1 unspecified atom stereocenters. The molecular formula is C9H8Cl2N2. The summed E-state index contributed by atoms with van der Waals surface area (Å²) in [5.41, 5.74) is 5.15. The van der Waals surface area contributed by atoms with Gasteiger partial charge in [-0.25, -0.2) is 0 Å². The topological polar surface area (TPSA) is 49.8 Å². The molecule has 0 aliphatic rings. The van der Waals surface area contributed by atoms with Crippen LogP contribution in [0.4, 0.5) is 0 Å². The van der Waals surface area contributed by atoms with Crippen LogP contribution in [-0.2, 0) is 5.54 Å². The number of halogens is 2. The van der Waals surface area contributed by atoms with E-state index in [1.165, 1.54) is 0 Å². The smallest absolute Gasteiger partial charge is 0.128 e. The summed E-state index contributed by atoms with van der Waals surface area (Å²) in [6, 6.07) is 6.84. The SMILES string of the molecule is CC(N)(C#N)c1cc(Cl)ccc1Cl. The van der Waals surface area contributed by atoms with Gasteiger partial charge in [-0.3, -0.25) is 0 Å². The second-order valence-corrected chi connectivity index (χ2v) is 3.78. The lowest BCUT2D eigenvalue weighted by Crippen LogP contribution is -2.31. The van der Waals surface area contributed by atoms with Crippen LogP contribution in [0.15, 0.2) is 18.2 Å². The van der Waals surface area contributed by atoms with Crippen molar-refractivity contribution in [3.63, 3.8) is 0 Å². The van der Waals surface area contributed by atoms with Crippen LogP contribution < -0.4 is 5.73 Å². The van der Waals surface area contributed by atoms with Gasteiger partial charge in [0, 0.05) is 15.6 Å². The molecule has 1 aromatic carbocycles. The Morgan fingerprint density at radius 3 is 2.62 bits per heavy atom. The third-order valence-corrected chi connectivity index (χ3v) is 2.28. The van der Waals surface area contributed by atoms with Gasteiger partial charge in [-0.1, -0.05) is 23.2 Å². The first-order valence-corrected chi connectivity index (χ1v) is 4.38. The molecule has 1 atom stereocenters. The van der Waals surface area contributed by atoms with Crippen molar-refractivity contribution < 1.29 is 0 Å². The minimum atomic E-state index is -1.10. The predicted octanol–water partition coefficient (Wildman–Crippen LogP) is 2.69. The van der Waals surface area contributed by atoms with Gasteiger partial charge in [0.2, 0.25) is 0 Å².